The van der Waals surface area contributed by atoms with Crippen LogP contribution >= 0.6 is 0 Å². The third-order valence-electron chi connectivity index (χ3n) is 7.94. The van der Waals surface area contributed by atoms with Crippen molar-refractivity contribution in [1.82, 2.24) is 31.9 Å². The molecule has 0 aromatic carbocycles. The molecular weight excluding hydrogens is 624 g/mol. The molecule has 3 rings (SSSR count). The van der Waals surface area contributed by atoms with Gasteiger partial charge >= 0.3 is 6.09 Å². The molecule has 2 fully saturated rings. The number of guanidine groups is 1. The smallest absolute Gasteiger partial charge is 0.404 e. The van der Waals surface area contributed by atoms with Gasteiger partial charge in [0, 0.05) is 44.9 Å². The van der Waals surface area contributed by atoms with Crippen molar-refractivity contribution in [2.24, 2.45) is 22.2 Å². The monoisotopic (exact) mass is 672 g/mol. The maximum Gasteiger partial charge on any atom is 0.404 e. The number of carbonyl (C=O) groups excluding carboxylic acids is 5. The summed E-state index contributed by atoms with van der Waals surface area (Å²) in [6.07, 6.45) is -5.95. The highest BCUT2D eigenvalue weighted by Crippen LogP contribution is 2.22. The van der Waals surface area contributed by atoms with Crippen LogP contribution in [0.25, 0.3) is 0 Å². The van der Waals surface area contributed by atoms with Crippen molar-refractivity contribution < 1.29 is 48.8 Å². The number of β-amino-alcohol motifs (C(OH)–C–C–N with tert-alkyl or cyclic N) is 1. The predicted molar refractivity (Wildman–Crippen MR) is 164 cm³/mol. The van der Waals surface area contributed by atoms with Gasteiger partial charge in [0.05, 0.1) is 12.1 Å². The van der Waals surface area contributed by atoms with Crippen LogP contribution in [0.5, 0.6) is 0 Å². The number of rotatable bonds is 16. The average molecular weight is 673 g/mol. The number of ether oxygens (including phenoxy) is 2. The van der Waals surface area contributed by atoms with Crippen LogP contribution in [0, 0.1) is 0 Å². The van der Waals surface area contributed by atoms with Crippen LogP contribution in [0.15, 0.2) is 4.99 Å². The Bertz CT molecular complexity index is 1150. The van der Waals surface area contributed by atoms with E-state index in [1.165, 1.54) is 6.92 Å². The molecule has 0 spiro atoms. The van der Waals surface area contributed by atoms with E-state index in [9.17, 15) is 39.3 Å². The van der Waals surface area contributed by atoms with E-state index in [2.05, 4.69) is 36.9 Å². The second kappa shape index (κ2) is 17.9. The standard InChI is InChI=1S/C27H48N10O10/c1-12(38)33-14(5-3-7-31-17(40)8-13(29)4-2-6-28)9-18(41)34-21-23(43)22(42)16(11-46-26(30)45)47-25(21)37-27-35-19-15(39)10-32-24(44)20(19)36-27/h13-16,19-23,25,39,42-43H,2-11,28-29H2,1H3,(H2,30,45)(H,31,40)(H,32,44)(H,33,38)(H,34,41)(H2,35,36,37)/t13-,14-,15+,16?,19+,20+,21?,22?,23?,25?/m0/s1. The van der Waals surface area contributed by atoms with Crippen molar-refractivity contribution >= 4 is 35.7 Å². The van der Waals surface area contributed by atoms with Crippen LogP contribution in [0.1, 0.15) is 45.4 Å². The zero-order valence-electron chi connectivity index (χ0n) is 26.2. The molecule has 0 bridgehead atoms. The van der Waals surface area contributed by atoms with Crippen molar-refractivity contribution in [3.8, 4) is 0 Å². The summed E-state index contributed by atoms with van der Waals surface area (Å²) in [4.78, 5) is 64.9. The molecule has 2 saturated heterocycles. The number of nitrogens with one attached hydrogen (secondary N) is 6. The third-order valence-corrected chi connectivity index (χ3v) is 7.94. The van der Waals surface area contributed by atoms with Crippen molar-refractivity contribution in [3.05, 3.63) is 0 Å². The predicted octanol–water partition coefficient (Wildman–Crippen LogP) is -5.96. The highest BCUT2D eigenvalue weighted by molar-refractivity contribution is 5.92. The summed E-state index contributed by atoms with van der Waals surface area (Å²) in [6.45, 7) is 1.55. The quantitative estimate of drug-likeness (QED) is 0.0680. The zero-order valence-corrected chi connectivity index (χ0v) is 26.2. The summed E-state index contributed by atoms with van der Waals surface area (Å²) in [6, 6.07) is -3.96. The number of carbonyl (C=O) groups is 5. The Balaban J connectivity index is 1.63. The van der Waals surface area contributed by atoms with Gasteiger partial charge in [0.2, 0.25) is 23.6 Å². The molecular formula is C27H48N10O10. The van der Waals surface area contributed by atoms with Gasteiger partial charge in [-0.3, -0.25) is 19.2 Å². The molecule has 15 N–H and O–H groups in total. The van der Waals surface area contributed by atoms with Gasteiger partial charge in [-0.2, -0.15) is 0 Å². The van der Waals surface area contributed by atoms with E-state index in [0.29, 0.717) is 32.2 Å². The van der Waals surface area contributed by atoms with E-state index in [0.717, 1.165) is 0 Å². The number of hydrogen-bond acceptors (Lipinski definition) is 15. The first kappa shape index (κ1) is 37.6. The van der Waals surface area contributed by atoms with E-state index in [1.807, 2.05) is 0 Å². The van der Waals surface area contributed by atoms with Crippen LogP contribution in [-0.2, 0) is 28.7 Å². The molecule has 266 valence electrons. The Morgan fingerprint density at radius 3 is 2.51 bits per heavy atom. The topological polar surface area (TPSA) is 327 Å². The van der Waals surface area contributed by atoms with E-state index in [4.69, 9.17) is 26.7 Å². The van der Waals surface area contributed by atoms with Gasteiger partial charge in [0.15, 0.2) is 18.2 Å². The average Bonchev–Trinajstić information content (AvgIpc) is 3.44. The lowest BCUT2D eigenvalue weighted by molar-refractivity contribution is -0.198. The van der Waals surface area contributed by atoms with Crippen molar-refractivity contribution in [1.29, 1.82) is 0 Å². The maximum absolute atomic E-state index is 13.2. The van der Waals surface area contributed by atoms with E-state index in [-0.39, 0.29) is 49.7 Å². The number of aliphatic hydroxyl groups is 3. The summed E-state index contributed by atoms with van der Waals surface area (Å²) in [5, 5.41) is 48.4. The molecule has 0 saturated carbocycles. The van der Waals surface area contributed by atoms with Gasteiger partial charge in [-0.1, -0.05) is 0 Å². The number of fused-ring (bicyclic) bond motifs is 1. The van der Waals surface area contributed by atoms with Gasteiger partial charge in [0.1, 0.15) is 31.0 Å². The van der Waals surface area contributed by atoms with Crippen molar-refractivity contribution in [3.63, 3.8) is 0 Å². The molecule has 20 heteroatoms. The number of aliphatic imine (C=N–C) groups is 1. The summed E-state index contributed by atoms with van der Waals surface area (Å²) in [7, 11) is 0. The van der Waals surface area contributed by atoms with Gasteiger partial charge in [0.25, 0.3) is 0 Å². The normalized spacial score (nSPS) is 29.6. The number of aliphatic hydroxyl groups excluding tert-OH is 3. The first-order valence-corrected chi connectivity index (χ1v) is 15.6. The molecule has 5 unspecified atom stereocenters. The summed E-state index contributed by atoms with van der Waals surface area (Å²) in [5.41, 5.74) is 16.4. The number of amides is 5. The van der Waals surface area contributed by atoms with Gasteiger partial charge in [-0.15, -0.1) is 0 Å². The van der Waals surface area contributed by atoms with Crippen LogP contribution < -0.4 is 49.1 Å². The van der Waals surface area contributed by atoms with Gasteiger partial charge in [-0.25, -0.2) is 9.79 Å². The molecule has 10 atom stereocenters. The van der Waals surface area contributed by atoms with E-state index < -0.39 is 79.3 Å². The SMILES string of the molecule is CC(=O)N[C@@H](CCCNC(=O)C[C@@H](N)CCCN)CC(=O)NC1C(NC2=N[C@H]3C(=O)NC[C@@H](O)[C@H]3N2)OC(COC(N)=O)C(O)C1O. The third kappa shape index (κ3) is 11.4. The highest BCUT2D eigenvalue weighted by atomic mass is 16.6. The summed E-state index contributed by atoms with van der Waals surface area (Å²) in [5.74, 6) is -1.64. The Morgan fingerprint density at radius 1 is 1.11 bits per heavy atom. The lowest BCUT2D eigenvalue weighted by Gasteiger charge is -2.43. The van der Waals surface area contributed by atoms with Crippen molar-refractivity contribution in [2.45, 2.75) is 106 Å². The first-order chi connectivity index (χ1) is 22.3. The van der Waals surface area contributed by atoms with E-state index in [1.54, 1.807) is 0 Å². The lowest BCUT2D eigenvalue weighted by Crippen LogP contribution is -2.69. The molecule has 3 aliphatic rings. The summed E-state index contributed by atoms with van der Waals surface area (Å²) < 4.78 is 10.6. The number of nitrogens with two attached hydrogens (primary N) is 3. The molecule has 0 radical (unpaired) electrons. The largest absolute Gasteiger partial charge is 0.447 e. The van der Waals surface area contributed by atoms with Crippen LogP contribution in [-0.4, -0.2) is 138 Å². The van der Waals surface area contributed by atoms with Crippen LogP contribution in [0.4, 0.5) is 4.79 Å². The minimum absolute atomic E-state index is 0.0110. The number of nitrogens with zero attached hydrogens (tertiary/aromatic N) is 1. The molecule has 3 aliphatic heterocycles. The molecule has 5 amide bonds. The fraction of sp³-hybridized carbons (Fsp3) is 0.778. The molecule has 0 aliphatic carbocycles. The van der Waals surface area contributed by atoms with Gasteiger partial charge in [-0.05, 0) is 32.2 Å². The minimum atomic E-state index is -1.66. The first-order valence-electron chi connectivity index (χ1n) is 15.6. The number of hydrogen-bond donors (Lipinski definition) is 12. The lowest BCUT2D eigenvalue weighted by atomic mass is 9.95. The molecule has 20 nitrogen and oxygen atoms in total. The Kier molecular flexibility index (Phi) is 14.3. The fourth-order valence-corrected chi connectivity index (χ4v) is 5.57. The number of primary amides is 1. The highest BCUT2D eigenvalue weighted by Gasteiger charge is 2.48. The molecule has 0 aromatic rings. The summed E-state index contributed by atoms with van der Waals surface area (Å²) >= 11 is 0. The maximum atomic E-state index is 13.2. The van der Waals surface area contributed by atoms with E-state index >= 15 is 0 Å². The minimum Gasteiger partial charge on any atom is -0.447 e. The van der Waals surface area contributed by atoms with Crippen LogP contribution in [0.3, 0.4) is 0 Å². The Hall–Kier alpha value is -3.82. The van der Waals surface area contributed by atoms with Crippen LogP contribution in [0.2, 0.25) is 0 Å². The van der Waals surface area contributed by atoms with Crippen molar-refractivity contribution in [2.75, 3.05) is 26.2 Å². The Labute approximate surface area is 271 Å². The zero-order chi connectivity index (χ0) is 34.7. The second-order valence-electron chi connectivity index (χ2n) is 11.8. The van der Waals surface area contributed by atoms with Gasteiger partial charge < -0.3 is 73.9 Å². The fourth-order valence-electron chi connectivity index (χ4n) is 5.57. The molecule has 47 heavy (non-hydrogen) atoms. The second-order valence-corrected chi connectivity index (χ2v) is 11.8. The number of piperidine rings is 1. The molecule has 0 aromatic heterocycles. The molecule has 3 heterocycles. The Morgan fingerprint density at radius 2 is 1.85 bits per heavy atom.